The van der Waals surface area contributed by atoms with Crippen LogP contribution in [0.3, 0.4) is 0 Å². The summed E-state index contributed by atoms with van der Waals surface area (Å²) in [6.07, 6.45) is 1.12. The molecule has 8 heteroatoms. The van der Waals surface area contributed by atoms with E-state index in [0.717, 1.165) is 0 Å². The summed E-state index contributed by atoms with van der Waals surface area (Å²) in [5.74, 6) is -0.463. The molecule has 0 spiro atoms. The van der Waals surface area contributed by atoms with Gasteiger partial charge in [-0.25, -0.2) is 9.59 Å². The number of para-hydroxylation sites is 1. The number of hydrogen-bond acceptors (Lipinski definition) is 5. The molecule has 140 valence electrons. The van der Waals surface area contributed by atoms with Crippen LogP contribution in [0.5, 0.6) is 11.5 Å². The Morgan fingerprint density at radius 2 is 1.93 bits per heavy atom. The fourth-order valence-corrected chi connectivity index (χ4v) is 3.34. The summed E-state index contributed by atoms with van der Waals surface area (Å²) in [5.41, 5.74) is 1.25. The third-order valence-electron chi connectivity index (χ3n) is 4.58. The molecule has 0 bridgehead atoms. The highest BCUT2D eigenvalue weighted by atomic mass is 16.6. The van der Waals surface area contributed by atoms with E-state index in [9.17, 15) is 14.7 Å². The highest BCUT2D eigenvalue weighted by molar-refractivity contribution is 6.12. The first-order valence-electron chi connectivity index (χ1n) is 8.48. The summed E-state index contributed by atoms with van der Waals surface area (Å²) in [6.45, 7) is 1.88. The number of carboxylic acids is 1. The van der Waals surface area contributed by atoms with Crippen LogP contribution in [0.1, 0.15) is 10.4 Å². The number of pyridine rings is 1. The van der Waals surface area contributed by atoms with Gasteiger partial charge in [0.05, 0.1) is 37.6 Å². The van der Waals surface area contributed by atoms with E-state index in [4.69, 9.17) is 14.2 Å². The monoisotopic (exact) mass is 370 g/mol. The van der Waals surface area contributed by atoms with Crippen molar-refractivity contribution in [2.75, 3.05) is 33.4 Å². The van der Waals surface area contributed by atoms with Crippen molar-refractivity contribution < 1.29 is 28.9 Å². The molecule has 8 nitrogen and oxygen atoms in total. The van der Waals surface area contributed by atoms with Gasteiger partial charge in [-0.2, -0.15) is 0 Å². The van der Waals surface area contributed by atoms with Crippen molar-refractivity contribution in [3.8, 4) is 11.5 Å². The molecule has 0 atom stereocenters. The number of morpholine rings is 1. The Morgan fingerprint density at radius 3 is 2.63 bits per heavy atom. The lowest BCUT2D eigenvalue weighted by molar-refractivity contribution is 0.0415. The lowest BCUT2D eigenvalue weighted by atomic mass is 10.1. The summed E-state index contributed by atoms with van der Waals surface area (Å²) < 4.78 is 17.8. The number of amides is 1. The van der Waals surface area contributed by atoms with Gasteiger partial charge < -0.3 is 28.6 Å². The van der Waals surface area contributed by atoms with E-state index in [1.54, 1.807) is 27.6 Å². The molecule has 3 heterocycles. The summed E-state index contributed by atoms with van der Waals surface area (Å²) in [5, 5.41) is 10.3. The highest BCUT2D eigenvalue weighted by Gasteiger charge is 2.23. The van der Waals surface area contributed by atoms with Crippen molar-refractivity contribution in [1.82, 2.24) is 9.30 Å². The van der Waals surface area contributed by atoms with Gasteiger partial charge in [-0.15, -0.1) is 0 Å². The number of fused-ring (bicyclic) bond motifs is 3. The van der Waals surface area contributed by atoms with Gasteiger partial charge >= 0.3 is 12.1 Å². The number of carbonyl (C=O) groups excluding carboxylic acids is 1. The Morgan fingerprint density at radius 1 is 1.19 bits per heavy atom. The van der Waals surface area contributed by atoms with Crippen molar-refractivity contribution in [3.05, 3.63) is 42.1 Å². The van der Waals surface area contributed by atoms with Gasteiger partial charge in [0.25, 0.3) is 0 Å². The first kappa shape index (κ1) is 17.2. The Balaban J connectivity index is 1.83. The number of rotatable bonds is 3. The number of benzene rings is 1. The average Bonchev–Trinajstić information content (AvgIpc) is 3.03. The van der Waals surface area contributed by atoms with E-state index in [-0.39, 0.29) is 11.3 Å². The van der Waals surface area contributed by atoms with E-state index in [1.807, 2.05) is 12.1 Å². The molecule has 4 rings (SSSR count). The third-order valence-corrected chi connectivity index (χ3v) is 4.58. The van der Waals surface area contributed by atoms with Crippen LogP contribution in [0.2, 0.25) is 0 Å². The zero-order valence-electron chi connectivity index (χ0n) is 14.7. The van der Waals surface area contributed by atoms with Gasteiger partial charge in [-0.1, -0.05) is 18.2 Å². The van der Waals surface area contributed by atoms with Crippen LogP contribution in [-0.4, -0.2) is 59.9 Å². The van der Waals surface area contributed by atoms with Gasteiger partial charge in [0.2, 0.25) is 0 Å². The molecule has 1 fully saturated rings. The molecule has 0 radical (unpaired) electrons. The van der Waals surface area contributed by atoms with E-state index < -0.39 is 12.1 Å². The lowest BCUT2D eigenvalue weighted by Gasteiger charge is -2.25. The third kappa shape index (κ3) is 2.93. The number of nitrogens with zero attached hydrogens (tertiary/aromatic N) is 2. The molecular weight excluding hydrogens is 352 g/mol. The summed E-state index contributed by atoms with van der Waals surface area (Å²) in [7, 11) is 1.45. The topological polar surface area (TPSA) is 89.7 Å². The first-order valence-corrected chi connectivity index (χ1v) is 8.48. The molecule has 0 aliphatic carbocycles. The Hall–Kier alpha value is -3.26. The molecular formula is C19H18N2O6. The smallest absolute Gasteiger partial charge is 0.415 e. The van der Waals surface area contributed by atoms with Crippen LogP contribution in [0.4, 0.5) is 4.79 Å². The summed E-state index contributed by atoms with van der Waals surface area (Å²) in [4.78, 5) is 25.8. The number of aromatic carboxylic acids is 1. The van der Waals surface area contributed by atoms with Crippen LogP contribution in [-0.2, 0) is 4.74 Å². The van der Waals surface area contributed by atoms with Gasteiger partial charge in [0.1, 0.15) is 11.3 Å². The van der Waals surface area contributed by atoms with Crippen molar-refractivity contribution in [2.24, 2.45) is 0 Å². The van der Waals surface area contributed by atoms with Gasteiger partial charge in [0, 0.05) is 24.5 Å². The van der Waals surface area contributed by atoms with E-state index in [1.165, 1.54) is 13.2 Å². The normalized spacial score (nSPS) is 14.5. The van der Waals surface area contributed by atoms with Crippen LogP contribution < -0.4 is 9.47 Å². The molecule has 1 N–H and O–H groups in total. The summed E-state index contributed by atoms with van der Waals surface area (Å²) >= 11 is 0. The number of carbonyl (C=O) groups is 2. The van der Waals surface area contributed by atoms with Gasteiger partial charge in [0.15, 0.2) is 5.75 Å². The Kier molecular flexibility index (Phi) is 4.33. The minimum absolute atomic E-state index is 0.147. The highest BCUT2D eigenvalue weighted by Crippen LogP contribution is 2.35. The zero-order valence-corrected chi connectivity index (χ0v) is 14.7. The van der Waals surface area contributed by atoms with Crippen LogP contribution in [0.25, 0.3) is 16.4 Å². The second-order valence-corrected chi connectivity index (χ2v) is 6.13. The number of carboxylic acid groups (broad SMARTS) is 1. The number of aromatic nitrogens is 1. The standard InChI is InChI=1S/C19H18N2O6/c1-25-15-10-12(27-19(24)20-6-8-26-9-7-20)11-21-14-5-3-2-4-13(14)16(17(15)21)18(22)23/h2-5,10-11H,6-9H2,1H3,(H,22,23). The summed E-state index contributed by atoms with van der Waals surface area (Å²) in [6, 6.07) is 8.67. The predicted molar refractivity (Wildman–Crippen MR) is 96.8 cm³/mol. The maximum Gasteiger partial charge on any atom is 0.415 e. The minimum atomic E-state index is -1.05. The SMILES string of the molecule is COc1cc(OC(=O)N2CCOCC2)cn2c1c(C(=O)O)c1ccccc12. The van der Waals surface area contributed by atoms with Crippen molar-refractivity contribution in [2.45, 2.75) is 0 Å². The molecule has 27 heavy (non-hydrogen) atoms. The number of hydrogen-bond donors (Lipinski definition) is 1. The quantitative estimate of drug-likeness (QED) is 0.762. The molecule has 1 aliphatic rings. The largest absolute Gasteiger partial charge is 0.494 e. The molecule has 3 aromatic rings. The van der Waals surface area contributed by atoms with Gasteiger partial charge in [-0.3, -0.25) is 0 Å². The molecule has 2 aromatic heterocycles. The molecule has 0 unspecified atom stereocenters. The number of ether oxygens (including phenoxy) is 3. The molecule has 1 aromatic carbocycles. The van der Waals surface area contributed by atoms with Crippen LogP contribution >= 0.6 is 0 Å². The minimum Gasteiger partial charge on any atom is -0.494 e. The van der Waals surface area contributed by atoms with Crippen molar-refractivity contribution >= 4 is 28.5 Å². The Labute approximate surface area is 154 Å². The predicted octanol–water partition coefficient (Wildman–Crippen LogP) is 2.63. The average molecular weight is 370 g/mol. The van der Waals surface area contributed by atoms with Crippen LogP contribution in [0, 0.1) is 0 Å². The van der Waals surface area contributed by atoms with E-state index in [2.05, 4.69) is 0 Å². The van der Waals surface area contributed by atoms with Crippen molar-refractivity contribution in [3.63, 3.8) is 0 Å². The van der Waals surface area contributed by atoms with Crippen LogP contribution in [0.15, 0.2) is 36.5 Å². The second kappa shape index (κ2) is 6.81. The molecule has 1 amide bonds. The number of methoxy groups -OCH3 is 1. The van der Waals surface area contributed by atoms with E-state index >= 15 is 0 Å². The van der Waals surface area contributed by atoms with Gasteiger partial charge in [-0.05, 0) is 6.07 Å². The lowest BCUT2D eigenvalue weighted by Crippen LogP contribution is -2.42. The first-order chi connectivity index (χ1) is 13.1. The second-order valence-electron chi connectivity index (χ2n) is 6.13. The fraction of sp³-hybridized carbons (Fsp3) is 0.263. The van der Waals surface area contributed by atoms with E-state index in [0.29, 0.717) is 48.5 Å². The molecule has 1 aliphatic heterocycles. The Bertz CT molecular complexity index is 1040. The molecule has 1 saturated heterocycles. The fourth-order valence-electron chi connectivity index (χ4n) is 3.34. The molecule has 0 saturated carbocycles. The maximum atomic E-state index is 12.4. The zero-order chi connectivity index (χ0) is 19.0. The van der Waals surface area contributed by atoms with Crippen molar-refractivity contribution in [1.29, 1.82) is 0 Å². The maximum absolute atomic E-state index is 12.4.